The Kier molecular flexibility index (Phi) is 2.78. The number of ether oxygens (including phenoxy) is 1. The lowest BCUT2D eigenvalue weighted by molar-refractivity contribution is 0.387. The van der Waals surface area contributed by atoms with Crippen LogP contribution in [-0.4, -0.2) is 17.1 Å². The third-order valence-electron chi connectivity index (χ3n) is 2.28. The maximum absolute atomic E-state index is 13.2. The molecule has 0 aliphatic carbocycles. The van der Waals surface area contributed by atoms with E-state index in [-0.39, 0.29) is 11.3 Å². The van der Waals surface area contributed by atoms with Crippen LogP contribution in [0.5, 0.6) is 5.75 Å². The molecule has 5 nitrogen and oxygen atoms in total. The average Bonchev–Trinajstić information content (AvgIpc) is 2.30. The van der Waals surface area contributed by atoms with Gasteiger partial charge in [0.1, 0.15) is 0 Å². The molecule has 2 rings (SSSR count). The van der Waals surface area contributed by atoms with Gasteiger partial charge in [-0.15, -0.1) is 0 Å². The summed E-state index contributed by atoms with van der Waals surface area (Å²) >= 11 is 0. The second-order valence-electron chi connectivity index (χ2n) is 3.33. The van der Waals surface area contributed by atoms with Crippen molar-refractivity contribution in [1.82, 2.24) is 9.97 Å². The number of methoxy groups -OCH3 is 1. The highest BCUT2D eigenvalue weighted by Crippen LogP contribution is 2.23. The van der Waals surface area contributed by atoms with E-state index in [4.69, 9.17) is 4.74 Å². The topological polar surface area (TPSA) is 75.0 Å². The van der Waals surface area contributed by atoms with E-state index in [2.05, 4.69) is 9.97 Å². The minimum atomic E-state index is -0.590. The Morgan fingerprint density at radius 2 is 2.06 bits per heavy atom. The fraction of sp³-hybridized carbons (Fsp3) is 0.0909. The smallest absolute Gasteiger partial charge is 0.325 e. The van der Waals surface area contributed by atoms with E-state index in [0.29, 0.717) is 5.56 Å². The Bertz CT molecular complexity index is 660. The van der Waals surface area contributed by atoms with Gasteiger partial charge in [-0.05, 0) is 17.7 Å². The van der Waals surface area contributed by atoms with Crippen LogP contribution < -0.4 is 16.0 Å². The standard InChI is InChI=1S/C11H9FN2O3/c1-17-9-4-6(2-3-8(9)12)7-5-13-11(16)14-10(7)15/h2-5H,1H3,(H2,13,14,15,16). The number of benzene rings is 1. The van der Waals surface area contributed by atoms with E-state index in [1.807, 2.05) is 0 Å². The van der Waals surface area contributed by atoms with Gasteiger partial charge in [0.15, 0.2) is 11.6 Å². The molecule has 2 N–H and O–H groups in total. The van der Waals surface area contributed by atoms with E-state index in [9.17, 15) is 14.0 Å². The van der Waals surface area contributed by atoms with Gasteiger partial charge in [-0.3, -0.25) is 9.78 Å². The maximum atomic E-state index is 13.2. The van der Waals surface area contributed by atoms with E-state index in [1.165, 1.54) is 31.5 Å². The van der Waals surface area contributed by atoms with E-state index >= 15 is 0 Å². The van der Waals surface area contributed by atoms with E-state index in [0.717, 1.165) is 0 Å². The van der Waals surface area contributed by atoms with Crippen molar-refractivity contribution in [2.45, 2.75) is 0 Å². The first kappa shape index (κ1) is 11.1. The van der Waals surface area contributed by atoms with Crippen LogP contribution in [0.4, 0.5) is 4.39 Å². The molecule has 17 heavy (non-hydrogen) atoms. The number of aromatic amines is 2. The fourth-order valence-corrected chi connectivity index (χ4v) is 1.45. The summed E-state index contributed by atoms with van der Waals surface area (Å²) < 4.78 is 18.0. The van der Waals surface area contributed by atoms with Gasteiger partial charge in [-0.2, -0.15) is 0 Å². The van der Waals surface area contributed by atoms with Gasteiger partial charge in [0.2, 0.25) is 0 Å². The third-order valence-corrected chi connectivity index (χ3v) is 2.28. The first-order chi connectivity index (χ1) is 8.11. The van der Waals surface area contributed by atoms with Crippen LogP contribution in [0, 0.1) is 5.82 Å². The van der Waals surface area contributed by atoms with Crippen LogP contribution in [0.25, 0.3) is 11.1 Å². The predicted molar refractivity (Wildman–Crippen MR) is 59.6 cm³/mol. The molecule has 0 spiro atoms. The molecule has 1 aromatic carbocycles. The van der Waals surface area contributed by atoms with Gasteiger partial charge in [0, 0.05) is 6.20 Å². The van der Waals surface area contributed by atoms with Crippen LogP contribution in [0.2, 0.25) is 0 Å². The summed E-state index contributed by atoms with van der Waals surface area (Å²) in [6.45, 7) is 0. The van der Waals surface area contributed by atoms with Gasteiger partial charge in [0.25, 0.3) is 5.56 Å². The SMILES string of the molecule is COc1cc(-c2c[nH]c(=O)[nH]c2=O)ccc1F. The Hall–Kier alpha value is -2.37. The molecule has 1 heterocycles. The van der Waals surface area contributed by atoms with Crippen molar-refractivity contribution in [1.29, 1.82) is 0 Å². The zero-order chi connectivity index (χ0) is 12.4. The van der Waals surface area contributed by atoms with Gasteiger partial charge in [0.05, 0.1) is 12.7 Å². The van der Waals surface area contributed by atoms with Gasteiger partial charge in [-0.25, -0.2) is 9.18 Å². The molecule has 0 bridgehead atoms. The average molecular weight is 236 g/mol. The summed E-state index contributed by atoms with van der Waals surface area (Å²) in [5, 5.41) is 0. The van der Waals surface area contributed by atoms with Crippen LogP contribution in [0.1, 0.15) is 0 Å². The van der Waals surface area contributed by atoms with Gasteiger partial charge < -0.3 is 9.72 Å². The first-order valence-corrected chi connectivity index (χ1v) is 4.77. The molecule has 0 saturated heterocycles. The van der Waals surface area contributed by atoms with Gasteiger partial charge >= 0.3 is 5.69 Å². The van der Waals surface area contributed by atoms with E-state index < -0.39 is 17.1 Å². The molecule has 88 valence electrons. The first-order valence-electron chi connectivity index (χ1n) is 4.77. The largest absolute Gasteiger partial charge is 0.494 e. The van der Waals surface area contributed by atoms with Crippen molar-refractivity contribution >= 4 is 0 Å². The Balaban J connectivity index is 2.61. The molecule has 0 fully saturated rings. The van der Waals surface area contributed by atoms with Crippen LogP contribution in [-0.2, 0) is 0 Å². The van der Waals surface area contributed by atoms with Gasteiger partial charge in [-0.1, -0.05) is 6.07 Å². The summed E-state index contributed by atoms with van der Waals surface area (Å²) in [6, 6.07) is 4.01. The maximum Gasteiger partial charge on any atom is 0.325 e. The molecule has 0 radical (unpaired) electrons. The highest BCUT2D eigenvalue weighted by atomic mass is 19.1. The van der Waals surface area contributed by atoms with Crippen LogP contribution in [0.3, 0.4) is 0 Å². The number of H-pyrrole nitrogens is 2. The van der Waals surface area contributed by atoms with Crippen LogP contribution in [0.15, 0.2) is 34.0 Å². The monoisotopic (exact) mass is 236 g/mol. The Morgan fingerprint density at radius 3 is 2.71 bits per heavy atom. The van der Waals surface area contributed by atoms with Crippen LogP contribution >= 0.6 is 0 Å². The molecule has 1 aromatic heterocycles. The molecule has 0 amide bonds. The minimum absolute atomic E-state index is 0.0353. The Morgan fingerprint density at radius 1 is 1.29 bits per heavy atom. The summed E-state index contributed by atoms with van der Waals surface area (Å²) in [4.78, 5) is 26.8. The lowest BCUT2D eigenvalue weighted by Crippen LogP contribution is -2.22. The quantitative estimate of drug-likeness (QED) is 0.812. The molecular weight excluding hydrogens is 227 g/mol. The number of rotatable bonds is 2. The number of hydrogen-bond acceptors (Lipinski definition) is 3. The molecule has 0 atom stereocenters. The molecule has 0 aliphatic heterocycles. The molecular formula is C11H9FN2O3. The van der Waals surface area contributed by atoms with Crippen molar-refractivity contribution in [2.24, 2.45) is 0 Å². The highest BCUT2D eigenvalue weighted by molar-refractivity contribution is 5.63. The predicted octanol–water partition coefficient (Wildman–Crippen LogP) is 0.878. The second kappa shape index (κ2) is 4.25. The molecule has 2 aromatic rings. The van der Waals surface area contributed by atoms with Crippen molar-refractivity contribution in [3.8, 4) is 16.9 Å². The minimum Gasteiger partial charge on any atom is -0.494 e. The fourth-order valence-electron chi connectivity index (χ4n) is 1.45. The number of halogens is 1. The highest BCUT2D eigenvalue weighted by Gasteiger charge is 2.08. The number of nitrogens with one attached hydrogen (secondary N) is 2. The van der Waals surface area contributed by atoms with Crippen molar-refractivity contribution < 1.29 is 9.13 Å². The zero-order valence-electron chi connectivity index (χ0n) is 8.91. The van der Waals surface area contributed by atoms with Crippen molar-refractivity contribution in [2.75, 3.05) is 7.11 Å². The van der Waals surface area contributed by atoms with Crippen molar-refractivity contribution in [3.63, 3.8) is 0 Å². The molecule has 0 unspecified atom stereocenters. The molecule has 6 heteroatoms. The number of aromatic nitrogens is 2. The third kappa shape index (κ3) is 2.10. The Labute approximate surface area is 94.9 Å². The zero-order valence-corrected chi connectivity index (χ0v) is 8.91. The lowest BCUT2D eigenvalue weighted by atomic mass is 10.1. The number of hydrogen-bond donors (Lipinski definition) is 2. The molecule has 0 aliphatic rings. The summed E-state index contributed by atoms with van der Waals surface area (Å²) in [6.07, 6.45) is 1.27. The van der Waals surface area contributed by atoms with Crippen molar-refractivity contribution in [3.05, 3.63) is 51.1 Å². The van der Waals surface area contributed by atoms with E-state index in [1.54, 1.807) is 0 Å². The summed E-state index contributed by atoms with van der Waals surface area (Å²) in [5.41, 5.74) is -0.432. The summed E-state index contributed by atoms with van der Waals surface area (Å²) in [5.74, 6) is -0.481. The second-order valence-corrected chi connectivity index (χ2v) is 3.33. The lowest BCUT2D eigenvalue weighted by Gasteiger charge is -2.04. The normalized spacial score (nSPS) is 10.2. The molecule has 0 saturated carbocycles. The summed E-state index contributed by atoms with van der Waals surface area (Å²) in [7, 11) is 1.33.